The molecule has 1 unspecified atom stereocenters. The third-order valence-corrected chi connectivity index (χ3v) is 4.02. The standard InChI is InChI=1S/C14H20N2O2/c1-10-6-4-7-11(16(17)18)13(10)15-12-8-5-9-14(12,2)3/h4,6-7,12,15H,5,8-9H2,1-3H3. The predicted molar refractivity (Wildman–Crippen MR) is 72.9 cm³/mol. The fourth-order valence-corrected chi connectivity index (χ4v) is 2.76. The second-order valence-corrected chi connectivity index (χ2v) is 5.80. The summed E-state index contributed by atoms with van der Waals surface area (Å²) in [6, 6.07) is 5.53. The number of rotatable bonds is 3. The van der Waals surface area contributed by atoms with E-state index in [1.165, 1.54) is 12.8 Å². The van der Waals surface area contributed by atoms with E-state index >= 15 is 0 Å². The predicted octanol–water partition coefficient (Wildman–Crippen LogP) is 3.89. The zero-order valence-corrected chi connectivity index (χ0v) is 11.2. The number of nitrogens with one attached hydrogen (secondary N) is 1. The van der Waals surface area contributed by atoms with Gasteiger partial charge in [0.05, 0.1) is 4.92 Å². The molecule has 18 heavy (non-hydrogen) atoms. The van der Waals surface area contributed by atoms with Gasteiger partial charge in [0.1, 0.15) is 5.69 Å². The van der Waals surface area contributed by atoms with Crippen molar-refractivity contribution in [2.24, 2.45) is 5.41 Å². The van der Waals surface area contributed by atoms with Gasteiger partial charge in [-0.05, 0) is 30.7 Å². The molecule has 1 aliphatic carbocycles. The molecular formula is C14H20N2O2. The molecule has 0 aromatic heterocycles. The fraction of sp³-hybridized carbons (Fsp3) is 0.571. The molecule has 0 radical (unpaired) electrons. The Hall–Kier alpha value is -1.58. The van der Waals surface area contributed by atoms with E-state index in [-0.39, 0.29) is 16.0 Å². The smallest absolute Gasteiger partial charge is 0.292 e. The largest absolute Gasteiger partial charge is 0.376 e. The molecule has 1 aliphatic rings. The minimum atomic E-state index is -0.308. The molecule has 0 bridgehead atoms. The van der Waals surface area contributed by atoms with Gasteiger partial charge in [-0.25, -0.2) is 0 Å². The lowest BCUT2D eigenvalue weighted by atomic mass is 9.87. The minimum Gasteiger partial charge on any atom is -0.376 e. The van der Waals surface area contributed by atoms with Crippen LogP contribution < -0.4 is 5.32 Å². The number of nitro benzene ring substituents is 1. The lowest BCUT2D eigenvalue weighted by Gasteiger charge is -2.29. The first-order chi connectivity index (χ1) is 8.42. The van der Waals surface area contributed by atoms with Crippen LogP contribution in [-0.2, 0) is 0 Å². The van der Waals surface area contributed by atoms with Crippen LogP contribution in [0.2, 0.25) is 0 Å². The van der Waals surface area contributed by atoms with E-state index in [1.807, 2.05) is 13.0 Å². The van der Waals surface area contributed by atoms with Gasteiger partial charge in [-0.1, -0.05) is 32.4 Å². The molecular weight excluding hydrogens is 228 g/mol. The summed E-state index contributed by atoms with van der Waals surface area (Å²) in [7, 11) is 0. The van der Waals surface area contributed by atoms with Crippen molar-refractivity contribution in [2.75, 3.05) is 5.32 Å². The van der Waals surface area contributed by atoms with E-state index < -0.39 is 0 Å². The summed E-state index contributed by atoms with van der Waals surface area (Å²) in [5, 5.41) is 14.5. The average Bonchev–Trinajstić information content (AvgIpc) is 2.60. The van der Waals surface area contributed by atoms with Crippen molar-refractivity contribution in [3.05, 3.63) is 33.9 Å². The number of nitro groups is 1. The van der Waals surface area contributed by atoms with E-state index in [0.717, 1.165) is 12.0 Å². The van der Waals surface area contributed by atoms with Gasteiger partial charge in [0.15, 0.2) is 0 Å². The first kappa shape index (κ1) is 12.9. The zero-order chi connectivity index (χ0) is 13.3. The van der Waals surface area contributed by atoms with Crippen molar-refractivity contribution in [2.45, 2.75) is 46.1 Å². The van der Waals surface area contributed by atoms with Gasteiger partial charge in [-0.15, -0.1) is 0 Å². The van der Waals surface area contributed by atoms with E-state index in [2.05, 4.69) is 19.2 Å². The highest BCUT2D eigenvalue weighted by Crippen LogP contribution is 2.41. The maximum Gasteiger partial charge on any atom is 0.292 e. The van der Waals surface area contributed by atoms with Crippen molar-refractivity contribution < 1.29 is 4.92 Å². The zero-order valence-electron chi connectivity index (χ0n) is 11.2. The lowest BCUT2D eigenvalue weighted by molar-refractivity contribution is -0.384. The molecule has 1 N–H and O–H groups in total. The van der Waals surface area contributed by atoms with E-state index in [1.54, 1.807) is 12.1 Å². The summed E-state index contributed by atoms with van der Waals surface area (Å²) in [6.07, 6.45) is 3.44. The first-order valence-electron chi connectivity index (χ1n) is 6.42. The Balaban J connectivity index is 2.31. The normalized spacial score (nSPS) is 21.8. The molecule has 4 nitrogen and oxygen atoms in total. The topological polar surface area (TPSA) is 55.2 Å². The molecule has 4 heteroatoms. The lowest BCUT2D eigenvalue weighted by Crippen LogP contribution is -2.31. The SMILES string of the molecule is Cc1cccc([N+](=O)[O-])c1NC1CCCC1(C)C. The summed E-state index contributed by atoms with van der Waals surface area (Å²) in [6.45, 7) is 6.36. The number of hydrogen-bond donors (Lipinski definition) is 1. The van der Waals surface area contributed by atoms with Crippen molar-refractivity contribution in [1.82, 2.24) is 0 Å². The van der Waals surface area contributed by atoms with Gasteiger partial charge in [-0.3, -0.25) is 10.1 Å². The molecule has 1 aromatic rings. The van der Waals surface area contributed by atoms with Crippen molar-refractivity contribution in [3.8, 4) is 0 Å². The monoisotopic (exact) mass is 248 g/mol. The third kappa shape index (κ3) is 2.33. The minimum absolute atomic E-state index is 0.178. The summed E-state index contributed by atoms with van der Waals surface area (Å²) >= 11 is 0. The van der Waals surface area contributed by atoms with Crippen molar-refractivity contribution in [1.29, 1.82) is 0 Å². The molecule has 0 aliphatic heterocycles. The van der Waals surface area contributed by atoms with E-state index in [4.69, 9.17) is 0 Å². The highest BCUT2D eigenvalue weighted by Gasteiger charge is 2.35. The Bertz CT molecular complexity index is 469. The molecule has 0 amide bonds. The van der Waals surface area contributed by atoms with Gasteiger partial charge in [-0.2, -0.15) is 0 Å². The van der Waals surface area contributed by atoms with E-state index in [0.29, 0.717) is 11.7 Å². The van der Waals surface area contributed by atoms with Crippen LogP contribution in [0.1, 0.15) is 38.7 Å². The van der Waals surface area contributed by atoms with Gasteiger partial charge in [0.25, 0.3) is 5.69 Å². The Morgan fingerprint density at radius 3 is 2.72 bits per heavy atom. The maximum absolute atomic E-state index is 11.1. The Morgan fingerprint density at radius 2 is 2.17 bits per heavy atom. The molecule has 0 heterocycles. The number of anilines is 1. The number of nitrogens with zero attached hydrogens (tertiary/aromatic N) is 1. The van der Waals surface area contributed by atoms with Crippen LogP contribution in [0.15, 0.2) is 18.2 Å². The van der Waals surface area contributed by atoms with Gasteiger partial charge < -0.3 is 5.32 Å². The second-order valence-electron chi connectivity index (χ2n) is 5.80. The summed E-state index contributed by atoms with van der Waals surface area (Å²) in [5.74, 6) is 0. The molecule has 1 fully saturated rings. The first-order valence-corrected chi connectivity index (χ1v) is 6.42. The van der Waals surface area contributed by atoms with E-state index in [9.17, 15) is 10.1 Å². The van der Waals surface area contributed by atoms with Gasteiger partial charge >= 0.3 is 0 Å². The van der Waals surface area contributed by atoms with Crippen molar-refractivity contribution >= 4 is 11.4 Å². The van der Waals surface area contributed by atoms with Gasteiger partial charge in [0, 0.05) is 12.1 Å². The molecule has 0 saturated heterocycles. The van der Waals surface area contributed by atoms with Crippen LogP contribution in [0, 0.1) is 22.5 Å². The highest BCUT2D eigenvalue weighted by molar-refractivity contribution is 5.66. The number of benzene rings is 1. The maximum atomic E-state index is 11.1. The number of para-hydroxylation sites is 1. The summed E-state index contributed by atoms with van der Waals surface area (Å²) in [4.78, 5) is 10.8. The molecule has 0 spiro atoms. The molecule has 2 rings (SSSR count). The van der Waals surface area contributed by atoms with Crippen LogP contribution >= 0.6 is 0 Å². The van der Waals surface area contributed by atoms with Crippen LogP contribution in [-0.4, -0.2) is 11.0 Å². The van der Waals surface area contributed by atoms with Crippen LogP contribution in [0.4, 0.5) is 11.4 Å². The summed E-state index contributed by atoms with van der Waals surface area (Å²) in [5.41, 5.74) is 2.00. The average molecular weight is 248 g/mol. The molecule has 1 aromatic carbocycles. The Kier molecular flexibility index (Phi) is 3.28. The highest BCUT2D eigenvalue weighted by atomic mass is 16.6. The van der Waals surface area contributed by atoms with Crippen LogP contribution in [0.25, 0.3) is 0 Å². The molecule has 1 saturated carbocycles. The van der Waals surface area contributed by atoms with Crippen LogP contribution in [0.5, 0.6) is 0 Å². The van der Waals surface area contributed by atoms with Crippen LogP contribution in [0.3, 0.4) is 0 Å². The second kappa shape index (κ2) is 4.59. The number of hydrogen-bond acceptors (Lipinski definition) is 3. The van der Waals surface area contributed by atoms with Gasteiger partial charge in [0.2, 0.25) is 0 Å². The third-order valence-electron chi connectivity index (χ3n) is 4.02. The molecule has 1 atom stereocenters. The fourth-order valence-electron chi connectivity index (χ4n) is 2.76. The molecule has 98 valence electrons. The summed E-state index contributed by atoms with van der Waals surface area (Å²) < 4.78 is 0. The number of aryl methyl sites for hydroxylation is 1. The Morgan fingerprint density at radius 1 is 1.44 bits per heavy atom. The van der Waals surface area contributed by atoms with Crippen molar-refractivity contribution in [3.63, 3.8) is 0 Å². The quantitative estimate of drug-likeness (QED) is 0.652. The Labute approximate surface area is 108 Å².